The van der Waals surface area contributed by atoms with Crippen molar-refractivity contribution >= 4 is 0 Å². The van der Waals surface area contributed by atoms with E-state index in [1.54, 1.807) is 26.2 Å². The molecule has 0 amide bonds. The minimum Gasteiger partial charge on any atom is -0.493 e. The van der Waals surface area contributed by atoms with E-state index < -0.39 is 6.10 Å². The van der Waals surface area contributed by atoms with Gasteiger partial charge >= 0.3 is 0 Å². The van der Waals surface area contributed by atoms with Crippen molar-refractivity contribution in [1.82, 2.24) is 10.1 Å². The second kappa shape index (κ2) is 8.80. The third-order valence-electron chi connectivity index (χ3n) is 4.75. The number of aliphatic hydroxyl groups is 1. The molecular weight excluding hydrogens is 380 g/mol. The summed E-state index contributed by atoms with van der Waals surface area (Å²) in [4.78, 5) is 4.33. The molecule has 4 aromatic rings. The van der Waals surface area contributed by atoms with Crippen LogP contribution < -0.4 is 9.47 Å². The first-order valence-electron chi connectivity index (χ1n) is 9.58. The van der Waals surface area contributed by atoms with Crippen LogP contribution in [0, 0.1) is 6.92 Å². The van der Waals surface area contributed by atoms with E-state index in [1.165, 1.54) is 0 Å². The van der Waals surface area contributed by atoms with Gasteiger partial charge in [-0.15, -0.1) is 0 Å². The van der Waals surface area contributed by atoms with Crippen molar-refractivity contribution in [2.75, 3.05) is 7.11 Å². The average Bonchev–Trinajstić information content (AvgIpc) is 3.24. The standard InChI is InChI=1S/C24H22N2O4/c1-16-25-24(26-30-16)20-14-21(28-2)22(29-15-17-9-5-3-6-10-17)13-19(20)23(27)18-11-7-4-8-12-18/h3-14,23,27H,15H2,1-2H3. The number of aryl methyl sites for hydroxylation is 1. The van der Waals surface area contributed by atoms with Gasteiger partial charge in [-0.05, 0) is 23.3 Å². The molecule has 0 aliphatic carbocycles. The lowest BCUT2D eigenvalue weighted by molar-refractivity contribution is 0.219. The number of aromatic nitrogens is 2. The van der Waals surface area contributed by atoms with Gasteiger partial charge in [0.25, 0.3) is 0 Å². The minimum atomic E-state index is -0.898. The highest BCUT2D eigenvalue weighted by molar-refractivity contribution is 5.67. The summed E-state index contributed by atoms with van der Waals surface area (Å²) in [5.74, 6) is 1.86. The maximum Gasteiger partial charge on any atom is 0.223 e. The van der Waals surface area contributed by atoms with Crippen molar-refractivity contribution in [3.05, 3.63) is 95.4 Å². The van der Waals surface area contributed by atoms with Crippen LogP contribution in [-0.4, -0.2) is 22.4 Å². The summed E-state index contributed by atoms with van der Waals surface area (Å²) >= 11 is 0. The largest absolute Gasteiger partial charge is 0.493 e. The third-order valence-corrected chi connectivity index (χ3v) is 4.75. The van der Waals surface area contributed by atoms with Crippen LogP contribution in [0.25, 0.3) is 11.4 Å². The van der Waals surface area contributed by atoms with E-state index in [0.717, 1.165) is 11.1 Å². The summed E-state index contributed by atoms with van der Waals surface area (Å²) in [6, 6.07) is 22.8. The minimum absolute atomic E-state index is 0.374. The Morgan fingerprint density at radius 1 is 0.967 bits per heavy atom. The number of hydrogen-bond acceptors (Lipinski definition) is 6. The zero-order valence-electron chi connectivity index (χ0n) is 16.8. The Morgan fingerprint density at radius 3 is 2.30 bits per heavy atom. The van der Waals surface area contributed by atoms with E-state index >= 15 is 0 Å². The van der Waals surface area contributed by atoms with Crippen molar-refractivity contribution in [1.29, 1.82) is 0 Å². The molecule has 1 atom stereocenters. The lowest BCUT2D eigenvalue weighted by Gasteiger charge is -2.19. The second-order valence-corrected chi connectivity index (χ2v) is 6.81. The Hall–Kier alpha value is -3.64. The first-order valence-corrected chi connectivity index (χ1v) is 9.58. The molecule has 1 N–H and O–H groups in total. The molecule has 3 aromatic carbocycles. The highest BCUT2D eigenvalue weighted by Gasteiger charge is 2.22. The monoisotopic (exact) mass is 402 g/mol. The highest BCUT2D eigenvalue weighted by atomic mass is 16.5. The zero-order valence-corrected chi connectivity index (χ0v) is 16.8. The fourth-order valence-electron chi connectivity index (χ4n) is 3.23. The van der Waals surface area contributed by atoms with Crippen molar-refractivity contribution in [3.8, 4) is 22.9 Å². The van der Waals surface area contributed by atoms with Crippen LogP contribution in [0.2, 0.25) is 0 Å². The van der Waals surface area contributed by atoms with Gasteiger partial charge in [0.05, 0.1) is 7.11 Å². The van der Waals surface area contributed by atoms with Crippen LogP contribution in [0.5, 0.6) is 11.5 Å². The van der Waals surface area contributed by atoms with E-state index in [4.69, 9.17) is 14.0 Å². The number of benzene rings is 3. The second-order valence-electron chi connectivity index (χ2n) is 6.81. The van der Waals surface area contributed by atoms with Gasteiger partial charge in [0.15, 0.2) is 11.5 Å². The van der Waals surface area contributed by atoms with Gasteiger partial charge in [0.1, 0.15) is 12.7 Å². The fraction of sp³-hybridized carbons (Fsp3) is 0.167. The quantitative estimate of drug-likeness (QED) is 0.482. The third kappa shape index (κ3) is 4.18. The zero-order chi connectivity index (χ0) is 20.9. The van der Waals surface area contributed by atoms with E-state index in [-0.39, 0.29) is 0 Å². The molecule has 0 aliphatic rings. The molecule has 0 spiro atoms. The normalized spacial score (nSPS) is 11.8. The average molecular weight is 402 g/mol. The Balaban J connectivity index is 1.77. The molecule has 0 aliphatic heterocycles. The van der Waals surface area contributed by atoms with Gasteiger partial charge < -0.3 is 19.1 Å². The summed E-state index contributed by atoms with van der Waals surface area (Å²) in [6.07, 6.45) is -0.898. The Labute approximate surface area is 174 Å². The van der Waals surface area contributed by atoms with Gasteiger partial charge in [-0.25, -0.2) is 0 Å². The maximum absolute atomic E-state index is 11.1. The molecular formula is C24H22N2O4. The maximum atomic E-state index is 11.1. The number of hydrogen-bond donors (Lipinski definition) is 1. The summed E-state index contributed by atoms with van der Waals surface area (Å²) in [6.45, 7) is 2.09. The topological polar surface area (TPSA) is 77.6 Å². The molecule has 1 aromatic heterocycles. The molecule has 4 rings (SSSR count). The first kappa shape index (κ1) is 19.7. The molecule has 6 nitrogen and oxygen atoms in total. The molecule has 6 heteroatoms. The number of aliphatic hydroxyl groups excluding tert-OH is 1. The summed E-state index contributed by atoms with van der Waals surface area (Å²) in [5, 5.41) is 15.2. The van der Waals surface area contributed by atoms with Gasteiger partial charge in [-0.3, -0.25) is 0 Å². The highest BCUT2D eigenvalue weighted by Crippen LogP contribution is 2.39. The van der Waals surface area contributed by atoms with E-state index in [2.05, 4.69) is 10.1 Å². The molecule has 30 heavy (non-hydrogen) atoms. The summed E-state index contributed by atoms with van der Waals surface area (Å²) < 4.78 is 16.7. The summed E-state index contributed by atoms with van der Waals surface area (Å²) in [7, 11) is 1.57. The lowest BCUT2D eigenvalue weighted by Crippen LogP contribution is -2.05. The Morgan fingerprint density at radius 2 is 1.67 bits per heavy atom. The van der Waals surface area contributed by atoms with Crippen molar-refractivity contribution in [3.63, 3.8) is 0 Å². The molecule has 0 radical (unpaired) electrons. The van der Waals surface area contributed by atoms with E-state index in [1.807, 2.05) is 60.7 Å². The van der Waals surface area contributed by atoms with Crippen LogP contribution >= 0.6 is 0 Å². The number of nitrogens with zero attached hydrogens (tertiary/aromatic N) is 2. The SMILES string of the molecule is COc1cc(-c2noc(C)n2)c(C(O)c2ccccc2)cc1OCc1ccccc1. The number of ether oxygens (including phenoxy) is 2. The molecule has 1 heterocycles. The van der Waals surface area contributed by atoms with Crippen LogP contribution in [0.1, 0.15) is 28.7 Å². The van der Waals surface area contributed by atoms with E-state index in [9.17, 15) is 5.11 Å². The van der Waals surface area contributed by atoms with Gasteiger partial charge in [0.2, 0.25) is 11.7 Å². The van der Waals surface area contributed by atoms with Crippen LogP contribution in [-0.2, 0) is 6.61 Å². The molecule has 0 fully saturated rings. The molecule has 0 saturated carbocycles. The summed E-state index contributed by atoms with van der Waals surface area (Å²) in [5.41, 5.74) is 3.00. The van der Waals surface area contributed by atoms with Crippen LogP contribution in [0.3, 0.4) is 0 Å². The molecule has 0 bridgehead atoms. The van der Waals surface area contributed by atoms with Crippen molar-refractivity contribution < 1.29 is 19.1 Å². The Bertz CT molecular complexity index is 1110. The van der Waals surface area contributed by atoms with Crippen molar-refractivity contribution in [2.24, 2.45) is 0 Å². The van der Waals surface area contributed by atoms with E-state index in [0.29, 0.717) is 40.9 Å². The molecule has 152 valence electrons. The first-order chi connectivity index (χ1) is 14.7. The number of rotatable bonds is 7. The van der Waals surface area contributed by atoms with Crippen LogP contribution in [0.4, 0.5) is 0 Å². The lowest BCUT2D eigenvalue weighted by atomic mass is 9.95. The fourth-order valence-corrected chi connectivity index (χ4v) is 3.23. The van der Waals surface area contributed by atoms with Crippen molar-refractivity contribution in [2.45, 2.75) is 19.6 Å². The molecule has 0 saturated heterocycles. The van der Waals surface area contributed by atoms with Crippen LogP contribution in [0.15, 0.2) is 77.3 Å². The smallest absolute Gasteiger partial charge is 0.223 e. The Kier molecular flexibility index (Phi) is 5.77. The number of methoxy groups -OCH3 is 1. The predicted octanol–water partition coefficient (Wildman–Crippen LogP) is 4.71. The molecule has 1 unspecified atom stereocenters. The van der Waals surface area contributed by atoms with Gasteiger partial charge in [-0.2, -0.15) is 4.98 Å². The van der Waals surface area contributed by atoms with Gasteiger partial charge in [-0.1, -0.05) is 65.8 Å². The van der Waals surface area contributed by atoms with Gasteiger partial charge in [0, 0.05) is 18.1 Å². The predicted molar refractivity (Wildman–Crippen MR) is 112 cm³/mol.